The molecule has 22 heteroatoms. The molecule has 59 heavy (non-hydrogen) atoms. The van der Waals surface area contributed by atoms with Crippen molar-refractivity contribution in [3.05, 3.63) is 71.6 Å². The number of aryl methyl sites for hydroxylation is 1. The second kappa shape index (κ2) is 20.2. The highest BCUT2D eigenvalue weighted by molar-refractivity contribution is 8.00. The van der Waals surface area contributed by atoms with E-state index in [0.717, 1.165) is 36.6 Å². The van der Waals surface area contributed by atoms with Crippen LogP contribution in [-0.2, 0) is 48.4 Å². The summed E-state index contributed by atoms with van der Waals surface area (Å²) >= 11 is 2.10. The summed E-state index contributed by atoms with van der Waals surface area (Å²) in [5.41, 5.74) is 1.80. The molecule has 3 amide bonds. The lowest BCUT2D eigenvalue weighted by atomic mass is 10.0. The van der Waals surface area contributed by atoms with E-state index in [4.69, 9.17) is 19.0 Å². The van der Waals surface area contributed by atoms with Crippen molar-refractivity contribution in [2.75, 3.05) is 45.1 Å². The fraction of sp³-hybridized carbons (Fsp3) is 0.432. The van der Waals surface area contributed by atoms with Crippen molar-refractivity contribution in [2.24, 2.45) is 5.16 Å². The number of methoxy groups -OCH3 is 1. The standard InChI is InChI=1S/C37H43FN10O8S2.BrH/c1-37(2,3)56-36(52)43-35-42-29(45-58-35)26(44-55-17-13-38)31(49)41-27-32(50)48-28(34(51)54-19-22-9-11-24(53-5)12-10-22)23(20-57-33(27)48)18-46-15-6-8-25-30(46)40-21-47(25)16-7-14-39-4;/h6,8-12,15,21,27,33,39H,7,13-14,16-20H2,1-5H3,(H-,41,42,43,45,49,52);1H/b44-26-;. The lowest BCUT2D eigenvalue weighted by Gasteiger charge is -2.49. The molecule has 0 radical (unpaired) electrons. The predicted molar refractivity (Wildman–Crippen MR) is 212 cm³/mol. The Morgan fingerprint density at radius 3 is 2.64 bits per heavy atom. The Labute approximate surface area is 357 Å². The Balaban J connectivity index is 0.00000661. The van der Waals surface area contributed by atoms with Gasteiger partial charge in [-0.15, -0.1) is 11.8 Å². The SMILES string of the molecule is CNCCCn1cnc2c1ccc[n+]2CC1=C(C(=O)OCc2ccc(OC)cc2)N2C(=O)C(NC(=O)/C(=N\OCCF)c3nsc(NC(=O)OC(C)(C)C)n3)C2SC1.[Br-]. The highest BCUT2D eigenvalue weighted by Gasteiger charge is 2.55. The average Bonchev–Trinajstić information content (AvgIpc) is 3.84. The summed E-state index contributed by atoms with van der Waals surface area (Å²) in [6, 6.07) is 9.84. The van der Waals surface area contributed by atoms with E-state index in [1.807, 2.05) is 29.9 Å². The molecule has 0 spiro atoms. The minimum Gasteiger partial charge on any atom is -1.00 e. The topological polar surface area (TPSA) is 204 Å². The zero-order valence-electron chi connectivity index (χ0n) is 32.9. The van der Waals surface area contributed by atoms with Gasteiger partial charge in [-0.1, -0.05) is 17.3 Å². The number of halogens is 2. The fourth-order valence-electron chi connectivity index (χ4n) is 6.05. The summed E-state index contributed by atoms with van der Waals surface area (Å²) in [5, 5.41) is 11.3. The number of aromatic nitrogens is 5. The molecule has 6 rings (SSSR count). The average molecular weight is 920 g/mol. The van der Waals surface area contributed by atoms with Crippen molar-refractivity contribution >= 4 is 69.2 Å². The van der Waals surface area contributed by atoms with Gasteiger partial charge in [0.25, 0.3) is 11.8 Å². The molecule has 3 N–H and O–H groups in total. The summed E-state index contributed by atoms with van der Waals surface area (Å²) in [6.07, 6.45) is 3.76. The Morgan fingerprint density at radius 2 is 1.93 bits per heavy atom. The number of thioether (sulfide) groups is 1. The first-order valence-corrected chi connectivity index (χ1v) is 20.1. The van der Waals surface area contributed by atoms with Gasteiger partial charge >= 0.3 is 17.7 Å². The van der Waals surface area contributed by atoms with Crippen LogP contribution in [-0.4, -0.2) is 110 Å². The molecule has 0 aliphatic carbocycles. The molecule has 0 saturated carbocycles. The van der Waals surface area contributed by atoms with Crippen molar-refractivity contribution in [1.82, 2.24) is 34.4 Å². The minimum absolute atomic E-state index is 0. The van der Waals surface area contributed by atoms with Crippen LogP contribution in [0.3, 0.4) is 0 Å². The minimum atomic E-state index is -1.10. The van der Waals surface area contributed by atoms with E-state index in [1.165, 1.54) is 16.7 Å². The first-order valence-electron chi connectivity index (χ1n) is 18.3. The fourth-order valence-corrected chi connectivity index (χ4v) is 7.94. The Hall–Kier alpha value is -5.19. The number of amides is 3. The number of benzene rings is 1. The monoisotopic (exact) mass is 918 g/mol. The Bertz CT molecular complexity index is 2210. The van der Waals surface area contributed by atoms with Crippen LogP contribution in [0.1, 0.15) is 38.6 Å². The van der Waals surface area contributed by atoms with Crippen molar-refractivity contribution in [2.45, 2.75) is 63.9 Å². The van der Waals surface area contributed by atoms with Gasteiger partial charge in [0.2, 0.25) is 23.0 Å². The molecule has 0 bridgehead atoms. The van der Waals surface area contributed by atoms with Gasteiger partial charge in [-0.25, -0.2) is 18.5 Å². The second-order valence-corrected chi connectivity index (χ2v) is 15.8. The highest BCUT2D eigenvalue weighted by atomic mass is 79.9. The van der Waals surface area contributed by atoms with Crippen molar-refractivity contribution in [3.8, 4) is 5.75 Å². The molecule has 18 nitrogen and oxygen atoms in total. The maximum atomic E-state index is 14.0. The maximum absolute atomic E-state index is 14.0. The van der Waals surface area contributed by atoms with Crippen LogP contribution in [0.5, 0.6) is 5.75 Å². The zero-order valence-corrected chi connectivity index (χ0v) is 36.1. The first-order chi connectivity index (χ1) is 27.9. The van der Waals surface area contributed by atoms with Crippen LogP contribution in [0, 0.1) is 0 Å². The van der Waals surface area contributed by atoms with E-state index in [0.29, 0.717) is 28.3 Å². The molecule has 5 heterocycles. The smallest absolute Gasteiger partial charge is 0.414 e. The first kappa shape index (κ1) is 44.9. The van der Waals surface area contributed by atoms with Gasteiger partial charge in [-0.05, 0) is 75.6 Å². The number of nitrogens with zero attached hydrogens (tertiary/aromatic N) is 7. The van der Waals surface area contributed by atoms with Crippen LogP contribution >= 0.6 is 23.3 Å². The van der Waals surface area contributed by atoms with Gasteiger partial charge in [0, 0.05) is 29.4 Å². The molecule has 2 unspecified atom stereocenters. The number of alkyl halides is 1. The molecule has 2 atom stereocenters. The number of rotatable bonds is 17. The van der Waals surface area contributed by atoms with E-state index in [9.17, 15) is 23.6 Å². The third-order valence-corrected chi connectivity index (χ3v) is 10.6. The number of esters is 1. The number of β-lactam (4-membered cyclic amide) rings is 1. The lowest BCUT2D eigenvalue weighted by Crippen LogP contribution is -3.00. The van der Waals surface area contributed by atoms with Crippen molar-refractivity contribution in [3.63, 3.8) is 0 Å². The largest absolute Gasteiger partial charge is 1.00 e. The summed E-state index contributed by atoms with van der Waals surface area (Å²) in [6.45, 7) is 5.50. The van der Waals surface area contributed by atoms with E-state index < -0.39 is 59.9 Å². The number of oxime groups is 1. The second-order valence-electron chi connectivity index (χ2n) is 14.0. The number of ether oxygens (including phenoxy) is 3. The molecule has 316 valence electrons. The molecule has 2 aliphatic heterocycles. The molecule has 1 aromatic carbocycles. The molecular formula is C37H44BrFN10O8S2. The Morgan fingerprint density at radius 1 is 1.15 bits per heavy atom. The highest BCUT2D eigenvalue weighted by Crippen LogP contribution is 2.41. The zero-order chi connectivity index (χ0) is 41.4. The number of hydrogen-bond donors (Lipinski definition) is 3. The van der Waals surface area contributed by atoms with Gasteiger partial charge in [0.05, 0.1) is 13.3 Å². The van der Waals surface area contributed by atoms with E-state index >= 15 is 0 Å². The van der Waals surface area contributed by atoms with E-state index in [-0.39, 0.29) is 46.8 Å². The van der Waals surface area contributed by atoms with Crippen molar-refractivity contribution in [1.29, 1.82) is 0 Å². The molecule has 1 fully saturated rings. The van der Waals surface area contributed by atoms with E-state index in [1.54, 1.807) is 58.5 Å². The molecule has 3 aromatic heterocycles. The summed E-state index contributed by atoms with van der Waals surface area (Å²) in [7, 11) is 3.46. The Kier molecular flexibility index (Phi) is 15.4. The number of carbonyl (C=O) groups excluding carboxylic acids is 4. The third kappa shape index (κ3) is 10.9. The van der Waals surface area contributed by atoms with E-state index in [2.05, 4.69) is 40.0 Å². The molecule has 2 aliphatic rings. The van der Waals surface area contributed by atoms with Gasteiger partial charge in [0.15, 0.2) is 0 Å². The molecular weight excluding hydrogens is 876 g/mol. The molecule has 1 saturated heterocycles. The van der Waals surface area contributed by atoms with Gasteiger partial charge in [-0.3, -0.25) is 19.8 Å². The third-order valence-electron chi connectivity index (χ3n) is 8.68. The number of anilines is 1. The normalized spacial score (nSPS) is 16.5. The van der Waals surface area contributed by atoms with Crippen LogP contribution in [0.2, 0.25) is 0 Å². The van der Waals surface area contributed by atoms with Crippen LogP contribution in [0.25, 0.3) is 11.2 Å². The van der Waals surface area contributed by atoms with Gasteiger partial charge < -0.3 is 51.2 Å². The number of imidazole rings is 1. The number of hydrogen-bond acceptors (Lipinski definition) is 15. The van der Waals surface area contributed by atoms with Gasteiger partial charge in [0.1, 0.15) is 60.4 Å². The van der Waals surface area contributed by atoms with Crippen LogP contribution in [0.4, 0.5) is 14.3 Å². The quantitative estimate of drug-likeness (QED) is 0.0318. The summed E-state index contributed by atoms with van der Waals surface area (Å²) in [5.74, 6) is -1.46. The number of fused-ring (bicyclic) bond motifs is 2. The number of pyridine rings is 1. The predicted octanol–water partition coefficient (Wildman–Crippen LogP) is -0.0678. The molecule has 4 aromatic rings. The maximum Gasteiger partial charge on any atom is 0.414 e. The van der Waals surface area contributed by atoms with Crippen molar-refractivity contribution < 1.29 is 64.2 Å². The number of nitrogens with one attached hydrogen (secondary N) is 3. The lowest BCUT2D eigenvalue weighted by molar-refractivity contribution is -0.664. The summed E-state index contributed by atoms with van der Waals surface area (Å²) in [4.78, 5) is 69.1. The van der Waals surface area contributed by atoms with Crippen LogP contribution in [0.15, 0.2) is 65.3 Å². The number of carbonyl (C=O) groups is 4. The van der Waals surface area contributed by atoms with Gasteiger partial charge in [-0.2, -0.15) is 9.36 Å². The van der Waals surface area contributed by atoms with Crippen LogP contribution < -0.4 is 42.2 Å². The summed E-state index contributed by atoms with van der Waals surface area (Å²) < 4.78 is 37.3.